The van der Waals surface area contributed by atoms with E-state index in [1.54, 1.807) is 19.1 Å². The van der Waals surface area contributed by atoms with Gasteiger partial charge in [0, 0.05) is 11.8 Å². The molecule has 0 aliphatic rings. The first-order valence-corrected chi connectivity index (χ1v) is 5.49. The van der Waals surface area contributed by atoms with Crippen LogP contribution in [0.2, 0.25) is 0 Å². The van der Waals surface area contributed by atoms with Gasteiger partial charge in [0.15, 0.2) is 0 Å². The third-order valence-corrected chi connectivity index (χ3v) is 2.92. The predicted molar refractivity (Wildman–Crippen MR) is 61.0 cm³/mol. The number of rotatable bonds is 3. The van der Waals surface area contributed by atoms with Gasteiger partial charge in [-0.05, 0) is 23.9 Å². The fourth-order valence-electron chi connectivity index (χ4n) is 1.23. The van der Waals surface area contributed by atoms with Gasteiger partial charge >= 0.3 is 5.97 Å². The van der Waals surface area contributed by atoms with Gasteiger partial charge in [0.25, 0.3) is 5.22 Å². The van der Waals surface area contributed by atoms with Crippen molar-refractivity contribution >= 4 is 23.4 Å². The molecule has 1 aromatic heterocycles. The van der Waals surface area contributed by atoms with Crippen LogP contribution in [0.3, 0.4) is 0 Å². The third-order valence-electron chi connectivity index (χ3n) is 2.00. The van der Waals surface area contributed by atoms with Crippen molar-refractivity contribution in [3.8, 4) is 0 Å². The van der Waals surface area contributed by atoms with Crippen molar-refractivity contribution < 1.29 is 14.3 Å². The smallest absolute Gasteiger partial charge is 0.337 e. The summed E-state index contributed by atoms with van der Waals surface area (Å²) in [7, 11) is 0. The van der Waals surface area contributed by atoms with Gasteiger partial charge < -0.3 is 15.3 Å². The van der Waals surface area contributed by atoms with Gasteiger partial charge in [-0.1, -0.05) is 6.07 Å². The van der Waals surface area contributed by atoms with Crippen LogP contribution in [0, 0.1) is 6.92 Å². The molecule has 0 radical (unpaired) electrons. The number of nitrogens with zero attached hydrogens (tertiary/aromatic N) is 2. The molecule has 0 amide bonds. The number of hydrogen-bond donors (Lipinski definition) is 2. The highest BCUT2D eigenvalue weighted by molar-refractivity contribution is 7.99. The number of benzene rings is 1. The van der Waals surface area contributed by atoms with Crippen molar-refractivity contribution in [2.75, 3.05) is 5.73 Å². The van der Waals surface area contributed by atoms with Gasteiger partial charge in [-0.3, -0.25) is 0 Å². The van der Waals surface area contributed by atoms with Crippen LogP contribution in [0.4, 0.5) is 5.69 Å². The lowest BCUT2D eigenvalue weighted by Gasteiger charge is -2.05. The second-order valence-electron chi connectivity index (χ2n) is 3.21. The van der Waals surface area contributed by atoms with Crippen molar-refractivity contribution in [1.29, 1.82) is 0 Å². The average Bonchev–Trinajstić information content (AvgIpc) is 2.67. The Morgan fingerprint density at radius 2 is 2.24 bits per heavy atom. The van der Waals surface area contributed by atoms with Gasteiger partial charge in [0.05, 0.1) is 11.3 Å². The Kier molecular flexibility index (Phi) is 3.01. The first-order valence-electron chi connectivity index (χ1n) is 4.67. The lowest BCUT2D eigenvalue weighted by molar-refractivity contribution is 0.0698. The maximum atomic E-state index is 10.9. The van der Waals surface area contributed by atoms with Crippen molar-refractivity contribution in [3.05, 3.63) is 29.7 Å². The minimum absolute atomic E-state index is 0.0613. The summed E-state index contributed by atoms with van der Waals surface area (Å²) in [5.74, 6) is -0.618. The number of aromatic nitrogens is 2. The average molecular weight is 251 g/mol. The normalized spacial score (nSPS) is 10.4. The molecular weight excluding hydrogens is 242 g/mol. The van der Waals surface area contributed by atoms with Gasteiger partial charge in [-0.2, -0.15) is 0 Å². The SMILES string of the molecule is Cc1nnc(Sc2cccc(C(=O)O)c2N)o1. The quantitative estimate of drug-likeness (QED) is 0.802. The summed E-state index contributed by atoms with van der Waals surface area (Å²) in [6.45, 7) is 1.67. The second-order valence-corrected chi connectivity index (χ2v) is 4.20. The number of anilines is 1. The van der Waals surface area contributed by atoms with Crippen LogP contribution in [0.1, 0.15) is 16.2 Å². The van der Waals surface area contributed by atoms with E-state index in [0.717, 1.165) is 11.8 Å². The molecule has 88 valence electrons. The zero-order valence-electron chi connectivity index (χ0n) is 8.88. The van der Waals surface area contributed by atoms with E-state index in [1.165, 1.54) is 6.07 Å². The molecule has 2 rings (SSSR count). The number of hydrogen-bond acceptors (Lipinski definition) is 6. The molecule has 1 heterocycles. The number of aromatic carboxylic acids is 1. The van der Waals surface area contributed by atoms with Gasteiger partial charge in [0.2, 0.25) is 5.89 Å². The number of carboxylic acids is 1. The van der Waals surface area contributed by atoms with Crippen molar-refractivity contribution in [3.63, 3.8) is 0 Å². The number of nitrogens with two attached hydrogens (primary N) is 1. The van der Waals surface area contributed by atoms with E-state index in [-0.39, 0.29) is 11.3 Å². The first kappa shape index (κ1) is 11.5. The highest BCUT2D eigenvalue weighted by atomic mass is 32.2. The van der Waals surface area contributed by atoms with E-state index in [0.29, 0.717) is 16.0 Å². The molecule has 0 unspecified atom stereocenters. The summed E-state index contributed by atoms with van der Waals surface area (Å²) in [6, 6.07) is 4.76. The standard InChI is InChI=1S/C10H9N3O3S/c1-5-12-13-10(16-5)17-7-4-2-3-6(8(7)11)9(14)15/h2-4H,11H2,1H3,(H,14,15). The van der Waals surface area contributed by atoms with E-state index < -0.39 is 5.97 Å². The Bertz CT molecular complexity index is 568. The van der Waals surface area contributed by atoms with Crippen LogP contribution in [0.15, 0.2) is 32.7 Å². The molecule has 7 heteroatoms. The summed E-state index contributed by atoms with van der Waals surface area (Å²) >= 11 is 1.14. The topological polar surface area (TPSA) is 102 Å². The van der Waals surface area contributed by atoms with E-state index in [9.17, 15) is 4.79 Å². The number of para-hydroxylation sites is 1. The maximum absolute atomic E-state index is 10.9. The highest BCUT2D eigenvalue weighted by Crippen LogP contribution is 2.32. The number of aryl methyl sites for hydroxylation is 1. The van der Waals surface area contributed by atoms with Crippen molar-refractivity contribution in [2.45, 2.75) is 17.0 Å². The maximum Gasteiger partial charge on any atom is 0.337 e. The minimum Gasteiger partial charge on any atom is -0.478 e. The van der Waals surface area contributed by atoms with Gasteiger partial charge in [-0.15, -0.1) is 10.2 Å². The molecule has 0 spiro atoms. The monoisotopic (exact) mass is 251 g/mol. The molecule has 3 N–H and O–H groups in total. The summed E-state index contributed by atoms with van der Waals surface area (Å²) in [6.07, 6.45) is 0. The predicted octanol–water partition coefficient (Wildman–Crippen LogP) is 1.81. The zero-order chi connectivity index (χ0) is 12.4. The molecule has 17 heavy (non-hydrogen) atoms. The highest BCUT2D eigenvalue weighted by Gasteiger charge is 2.14. The first-order chi connectivity index (χ1) is 8.08. The van der Waals surface area contributed by atoms with Crippen LogP contribution >= 0.6 is 11.8 Å². The fraction of sp³-hybridized carbons (Fsp3) is 0.100. The summed E-state index contributed by atoms with van der Waals surface area (Å²) in [4.78, 5) is 11.5. The third kappa shape index (κ3) is 2.39. The van der Waals surface area contributed by atoms with E-state index in [4.69, 9.17) is 15.3 Å². The second kappa shape index (κ2) is 4.46. The Morgan fingerprint density at radius 3 is 2.82 bits per heavy atom. The Labute approximate surface area is 101 Å². The van der Waals surface area contributed by atoms with Crippen LogP contribution in [-0.2, 0) is 0 Å². The van der Waals surface area contributed by atoms with Gasteiger partial charge in [0.1, 0.15) is 0 Å². The van der Waals surface area contributed by atoms with Crippen LogP contribution in [0.25, 0.3) is 0 Å². The Balaban J connectivity index is 2.33. The number of nitrogen functional groups attached to an aromatic ring is 1. The molecule has 1 aromatic carbocycles. The van der Waals surface area contributed by atoms with E-state index in [2.05, 4.69) is 10.2 Å². The van der Waals surface area contributed by atoms with Crippen molar-refractivity contribution in [1.82, 2.24) is 10.2 Å². The fourth-order valence-corrected chi connectivity index (χ4v) is 2.03. The summed E-state index contributed by atoms with van der Waals surface area (Å²) in [5.41, 5.74) is 6.00. The molecule has 2 aromatic rings. The van der Waals surface area contributed by atoms with Crippen LogP contribution in [0.5, 0.6) is 0 Å². The molecule has 0 aliphatic heterocycles. The molecule has 0 aliphatic carbocycles. The molecule has 6 nitrogen and oxygen atoms in total. The largest absolute Gasteiger partial charge is 0.478 e. The lowest BCUT2D eigenvalue weighted by Crippen LogP contribution is -2.03. The van der Waals surface area contributed by atoms with E-state index >= 15 is 0 Å². The number of carbonyl (C=O) groups is 1. The van der Waals surface area contributed by atoms with Crippen LogP contribution in [-0.4, -0.2) is 21.3 Å². The molecular formula is C10H9N3O3S. The lowest BCUT2D eigenvalue weighted by atomic mass is 10.2. The Hall–Kier alpha value is -2.02. The van der Waals surface area contributed by atoms with Crippen molar-refractivity contribution in [2.24, 2.45) is 0 Å². The molecule has 0 bridgehead atoms. The van der Waals surface area contributed by atoms with Gasteiger partial charge in [-0.25, -0.2) is 4.79 Å². The minimum atomic E-state index is -1.06. The van der Waals surface area contributed by atoms with Crippen LogP contribution < -0.4 is 5.73 Å². The molecule has 0 saturated carbocycles. The number of carboxylic acid groups (broad SMARTS) is 1. The Morgan fingerprint density at radius 1 is 1.47 bits per heavy atom. The zero-order valence-corrected chi connectivity index (χ0v) is 9.69. The summed E-state index contributed by atoms with van der Waals surface area (Å²) < 4.78 is 5.18. The van der Waals surface area contributed by atoms with E-state index in [1.807, 2.05) is 0 Å². The summed E-state index contributed by atoms with van der Waals surface area (Å²) in [5, 5.41) is 16.7. The molecule has 0 atom stereocenters. The molecule has 0 saturated heterocycles. The molecule has 0 fully saturated rings.